The first-order valence-corrected chi connectivity index (χ1v) is 6.62. The SMILES string of the molecule is COc1ccc(-n2cc(C=O)c(C3CCCO3)n2)cc1. The van der Waals surface area contributed by atoms with Crippen molar-refractivity contribution in [2.45, 2.75) is 18.9 Å². The molecule has 0 aliphatic carbocycles. The van der Waals surface area contributed by atoms with Crippen LogP contribution >= 0.6 is 0 Å². The molecule has 1 unspecified atom stereocenters. The number of benzene rings is 1. The Bertz CT molecular complexity index is 598. The summed E-state index contributed by atoms with van der Waals surface area (Å²) in [6.45, 7) is 0.734. The van der Waals surface area contributed by atoms with E-state index >= 15 is 0 Å². The van der Waals surface area contributed by atoms with Crippen LogP contribution in [0.25, 0.3) is 5.69 Å². The van der Waals surface area contributed by atoms with E-state index in [1.807, 2.05) is 24.3 Å². The lowest BCUT2D eigenvalue weighted by Crippen LogP contribution is -2.01. The third-order valence-corrected chi connectivity index (χ3v) is 3.47. The number of hydrogen-bond donors (Lipinski definition) is 0. The van der Waals surface area contributed by atoms with Gasteiger partial charge in [0.2, 0.25) is 0 Å². The summed E-state index contributed by atoms with van der Waals surface area (Å²) in [7, 11) is 1.63. The van der Waals surface area contributed by atoms with E-state index in [9.17, 15) is 4.79 Å². The summed E-state index contributed by atoms with van der Waals surface area (Å²) in [5, 5.41) is 4.51. The van der Waals surface area contributed by atoms with Crippen LogP contribution < -0.4 is 4.74 Å². The zero-order valence-corrected chi connectivity index (χ0v) is 11.3. The molecule has 0 radical (unpaired) electrons. The second kappa shape index (κ2) is 5.46. The molecule has 0 N–H and O–H groups in total. The van der Waals surface area contributed by atoms with Gasteiger partial charge in [-0.1, -0.05) is 0 Å². The summed E-state index contributed by atoms with van der Waals surface area (Å²) >= 11 is 0. The number of carbonyl (C=O) groups excluding carboxylic acids is 1. The van der Waals surface area contributed by atoms with Crippen molar-refractivity contribution in [1.29, 1.82) is 0 Å². The summed E-state index contributed by atoms with van der Waals surface area (Å²) in [6.07, 6.45) is 4.45. The highest BCUT2D eigenvalue weighted by atomic mass is 16.5. The highest BCUT2D eigenvalue weighted by molar-refractivity contribution is 5.76. The van der Waals surface area contributed by atoms with E-state index in [4.69, 9.17) is 9.47 Å². The van der Waals surface area contributed by atoms with Gasteiger partial charge in [0.05, 0.1) is 18.4 Å². The first kappa shape index (κ1) is 12.9. The lowest BCUT2D eigenvalue weighted by molar-refractivity contribution is 0.104. The lowest BCUT2D eigenvalue weighted by atomic mass is 10.1. The zero-order valence-electron chi connectivity index (χ0n) is 11.3. The lowest BCUT2D eigenvalue weighted by Gasteiger charge is -2.06. The largest absolute Gasteiger partial charge is 0.497 e. The Morgan fingerprint density at radius 2 is 2.20 bits per heavy atom. The van der Waals surface area contributed by atoms with Gasteiger partial charge in [-0.15, -0.1) is 0 Å². The van der Waals surface area contributed by atoms with Crippen LogP contribution in [0.15, 0.2) is 30.5 Å². The average molecular weight is 272 g/mol. The van der Waals surface area contributed by atoms with Gasteiger partial charge < -0.3 is 9.47 Å². The topological polar surface area (TPSA) is 53.4 Å². The van der Waals surface area contributed by atoms with Gasteiger partial charge in [-0.05, 0) is 37.1 Å². The molecular weight excluding hydrogens is 256 g/mol. The highest BCUT2D eigenvalue weighted by Crippen LogP contribution is 2.29. The second-order valence-corrected chi connectivity index (χ2v) is 4.73. The monoisotopic (exact) mass is 272 g/mol. The van der Waals surface area contributed by atoms with Crippen LogP contribution in [0.4, 0.5) is 0 Å². The van der Waals surface area contributed by atoms with E-state index in [0.717, 1.165) is 42.9 Å². The molecule has 2 aromatic rings. The molecule has 20 heavy (non-hydrogen) atoms. The summed E-state index contributed by atoms with van der Waals surface area (Å²) in [5.74, 6) is 0.788. The predicted octanol–water partition coefficient (Wildman–Crippen LogP) is 2.54. The Balaban J connectivity index is 1.94. The molecule has 1 aliphatic heterocycles. The van der Waals surface area contributed by atoms with E-state index in [0.29, 0.717) is 5.56 Å². The molecule has 3 rings (SSSR count). The van der Waals surface area contributed by atoms with Crippen LogP contribution in [0.2, 0.25) is 0 Å². The minimum Gasteiger partial charge on any atom is -0.497 e. The normalized spacial score (nSPS) is 18.1. The number of ether oxygens (including phenoxy) is 2. The van der Waals surface area contributed by atoms with Crippen LogP contribution in [-0.4, -0.2) is 29.8 Å². The summed E-state index contributed by atoms with van der Waals surface area (Å²) in [5.41, 5.74) is 2.21. The molecule has 1 aromatic carbocycles. The van der Waals surface area contributed by atoms with Crippen molar-refractivity contribution in [3.63, 3.8) is 0 Å². The van der Waals surface area contributed by atoms with E-state index in [2.05, 4.69) is 5.10 Å². The minimum absolute atomic E-state index is 0.0605. The fraction of sp³-hybridized carbons (Fsp3) is 0.333. The standard InChI is InChI=1S/C15H16N2O3/c1-19-13-6-4-12(5-7-13)17-9-11(10-18)15(16-17)14-3-2-8-20-14/h4-7,9-10,14H,2-3,8H2,1H3. The van der Waals surface area contributed by atoms with Crippen molar-refractivity contribution in [1.82, 2.24) is 9.78 Å². The van der Waals surface area contributed by atoms with Gasteiger partial charge in [-0.2, -0.15) is 5.10 Å². The third kappa shape index (κ3) is 2.32. The van der Waals surface area contributed by atoms with Gasteiger partial charge >= 0.3 is 0 Å². The zero-order chi connectivity index (χ0) is 13.9. The van der Waals surface area contributed by atoms with Gasteiger partial charge in [0, 0.05) is 12.8 Å². The second-order valence-electron chi connectivity index (χ2n) is 4.73. The van der Waals surface area contributed by atoms with E-state index in [1.54, 1.807) is 18.0 Å². The summed E-state index contributed by atoms with van der Waals surface area (Å²) in [6, 6.07) is 7.53. The van der Waals surface area contributed by atoms with E-state index < -0.39 is 0 Å². The fourth-order valence-corrected chi connectivity index (χ4v) is 2.40. The highest BCUT2D eigenvalue weighted by Gasteiger charge is 2.24. The van der Waals surface area contributed by atoms with Crippen LogP contribution in [0, 0.1) is 0 Å². The number of nitrogens with zero attached hydrogens (tertiary/aromatic N) is 2. The number of rotatable bonds is 4. The van der Waals surface area contributed by atoms with Crippen LogP contribution in [0.3, 0.4) is 0 Å². The van der Waals surface area contributed by atoms with Gasteiger partial charge in [-0.3, -0.25) is 4.79 Å². The number of aromatic nitrogens is 2. The maximum Gasteiger partial charge on any atom is 0.153 e. The van der Waals surface area contributed by atoms with Crippen molar-refractivity contribution < 1.29 is 14.3 Å². The number of hydrogen-bond acceptors (Lipinski definition) is 4. The van der Waals surface area contributed by atoms with Crippen molar-refractivity contribution in [2.75, 3.05) is 13.7 Å². The number of aldehydes is 1. The molecular formula is C15H16N2O3. The molecule has 1 fully saturated rings. The molecule has 5 heteroatoms. The molecule has 0 saturated carbocycles. The smallest absolute Gasteiger partial charge is 0.153 e. The molecule has 1 saturated heterocycles. The van der Waals surface area contributed by atoms with Gasteiger partial charge in [0.1, 0.15) is 17.5 Å². The molecule has 104 valence electrons. The number of carbonyl (C=O) groups is 1. The Morgan fingerprint density at radius 3 is 2.80 bits per heavy atom. The Morgan fingerprint density at radius 1 is 1.40 bits per heavy atom. The first-order valence-electron chi connectivity index (χ1n) is 6.62. The van der Waals surface area contributed by atoms with E-state index in [1.165, 1.54) is 0 Å². The maximum atomic E-state index is 11.2. The predicted molar refractivity (Wildman–Crippen MR) is 73.4 cm³/mol. The van der Waals surface area contributed by atoms with Crippen molar-refractivity contribution in [3.8, 4) is 11.4 Å². The van der Waals surface area contributed by atoms with Crippen LogP contribution in [-0.2, 0) is 4.74 Å². The Kier molecular flexibility index (Phi) is 3.52. The third-order valence-electron chi connectivity index (χ3n) is 3.47. The molecule has 0 spiro atoms. The summed E-state index contributed by atoms with van der Waals surface area (Å²) < 4.78 is 12.5. The van der Waals surface area contributed by atoms with Gasteiger partial charge in [0.25, 0.3) is 0 Å². The molecule has 0 bridgehead atoms. The number of methoxy groups -OCH3 is 1. The molecule has 1 aromatic heterocycles. The van der Waals surface area contributed by atoms with Gasteiger partial charge in [0.15, 0.2) is 6.29 Å². The quantitative estimate of drug-likeness (QED) is 0.803. The van der Waals surface area contributed by atoms with E-state index in [-0.39, 0.29) is 6.10 Å². The van der Waals surface area contributed by atoms with Crippen LogP contribution in [0.1, 0.15) is 35.0 Å². The Labute approximate surface area is 117 Å². The molecule has 1 aliphatic rings. The van der Waals surface area contributed by atoms with Crippen molar-refractivity contribution >= 4 is 6.29 Å². The summed E-state index contributed by atoms with van der Waals surface area (Å²) in [4.78, 5) is 11.2. The fourth-order valence-electron chi connectivity index (χ4n) is 2.40. The molecule has 1 atom stereocenters. The van der Waals surface area contributed by atoms with Gasteiger partial charge in [-0.25, -0.2) is 4.68 Å². The molecule has 2 heterocycles. The minimum atomic E-state index is -0.0605. The Hall–Kier alpha value is -2.14. The molecule has 5 nitrogen and oxygen atoms in total. The van der Waals surface area contributed by atoms with Crippen molar-refractivity contribution in [2.24, 2.45) is 0 Å². The first-order chi connectivity index (χ1) is 9.81. The van der Waals surface area contributed by atoms with Crippen molar-refractivity contribution in [3.05, 3.63) is 41.7 Å². The maximum absolute atomic E-state index is 11.2. The molecule has 0 amide bonds. The van der Waals surface area contributed by atoms with Crippen LogP contribution in [0.5, 0.6) is 5.75 Å². The average Bonchev–Trinajstić information content (AvgIpc) is 3.16.